The molecular formula is C26H35ClN4O3. The number of nitrogens with zero attached hydrogens (tertiary/aromatic N) is 3. The van der Waals surface area contributed by atoms with Gasteiger partial charge in [-0.15, -0.1) is 12.4 Å². The zero-order valence-electron chi connectivity index (χ0n) is 20.4. The number of imidazole rings is 1. The minimum Gasteiger partial charge on any atom is -0.383 e. The number of benzene rings is 1. The van der Waals surface area contributed by atoms with Gasteiger partial charge in [-0.1, -0.05) is 35.9 Å². The zero-order chi connectivity index (χ0) is 23.4. The predicted molar refractivity (Wildman–Crippen MR) is 137 cm³/mol. The number of amides is 1. The van der Waals surface area contributed by atoms with Gasteiger partial charge in [0.15, 0.2) is 0 Å². The smallest absolute Gasteiger partial charge is 0.229 e. The normalized spacial score (nSPS) is 16.8. The van der Waals surface area contributed by atoms with Gasteiger partial charge in [0.1, 0.15) is 5.65 Å². The number of ether oxygens (including phenoxy) is 2. The molecular weight excluding hydrogens is 452 g/mol. The fraction of sp³-hybridized carbons (Fsp3) is 0.462. The summed E-state index contributed by atoms with van der Waals surface area (Å²) in [5.74, 6) is 0.0467. The fourth-order valence-electron chi connectivity index (χ4n) is 4.40. The number of hydrogen-bond acceptors (Lipinski definition) is 5. The molecule has 2 atom stereocenters. The molecule has 1 N–H and O–H groups in total. The fourth-order valence-corrected chi connectivity index (χ4v) is 4.40. The van der Waals surface area contributed by atoms with Crippen molar-refractivity contribution in [1.82, 2.24) is 19.6 Å². The summed E-state index contributed by atoms with van der Waals surface area (Å²) in [6.07, 6.45) is 2.27. The van der Waals surface area contributed by atoms with Crippen LogP contribution in [0.15, 0.2) is 42.6 Å². The summed E-state index contributed by atoms with van der Waals surface area (Å²) < 4.78 is 13.3. The summed E-state index contributed by atoms with van der Waals surface area (Å²) in [6.45, 7) is 9.42. The van der Waals surface area contributed by atoms with E-state index in [0.29, 0.717) is 19.8 Å². The molecule has 0 saturated carbocycles. The molecule has 1 amide bonds. The number of carbonyl (C=O) groups is 1. The first-order chi connectivity index (χ1) is 16.0. The van der Waals surface area contributed by atoms with Crippen molar-refractivity contribution in [3.05, 3.63) is 59.4 Å². The topological polar surface area (TPSA) is 68.1 Å². The van der Waals surface area contributed by atoms with E-state index in [0.717, 1.165) is 41.3 Å². The number of rotatable bonds is 8. The lowest BCUT2D eigenvalue weighted by atomic mass is 10.0. The van der Waals surface area contributed by atoms with Gasteiger partial charge in [-0.3, -0.25) is 4.79 Å². The van der Waals surface area contributed by atoms with Crippen molar-refractivity contribution >= 4 is 24.0 Å². The molecule has 0 aliphatic carbocycles. The van der Waals surface area contributed by atoms with Crippen molar-refractivity contribution in [3.8, 4) is 11.3 Å². The van der Waals surface area contributed by atoms with Crippen LogP contribution in [-0.2, 0) is 20.7 Å². The third kappa shape index (κ3) is 5.78. The van der Waals surface area contributed by atoms with Gasteiger partial charge >= 0.3 is 0 Å². The van der Waals surface area contributed by atoms with Crippen LogP contribution in [0.1, 0.15) is 23.7 Å². The van der Waals surface area contributed by atoms with E-state index in [1.165, 1.54) is 5.56 Å². The molecule has 1 aromatic carbocycles. The number of pyridine rings is 1. The Morgan fingerprint density at radius 1 is 1.24 bits per heavy atom. The number of halogens is 1. The average molecular weight is 487 g/mol. The standard InChI is InChI=1S/C26H34N4O3.ClH/c1-18-5-8-21(9-6-18)26-22(30-17-19(2)7-10-24(30)28-26)15-25(31)29(12-14-32-4)20(3)23-16-27-11-13-33-23;/h5-10,17,20,23,27H,11-16H2,1-4H3;1H. The van der Waals surface area contributed by atoms with Crippen LogP contribution in [0.4, 0.5) is 0 Å². The van der Waals surface area contributed by atoms with Gasteiger partial charge in [-0.25, -0.2) is 4.98 Å². The number of morpholine rings is 1. The highest BCUT2D eigenvalue weighted by Gasteiger charge is 2.30. The van der Waals surface area contributed by atoms with Gasteiger partial charge in [-0.05, 0) is 32.4 Å². The van der Waals surface area contributed by atoms with Gasteiger partial charge in [-0.2, -0.15) is 0 Å². The maximum absolute atomic E-state index is 13.7. The lowest BCUT2D eigenvalue weighted by Crippen LogP contribution is -2.53. The quantitative estimate of drug-likeness (QED) is 0.528. The van der Waals surface area contributed by atoms with Gasteiger partial charge in [0.2, 0.25) is 5.91 Å². The third-order valence-corrected chi connectivity index (χ3v) is 6.35. The lowest BCUT2D eigenvalue weighted by Gasteiger charge is -2.36. The van der Waals surface area contributed by atoms with Crippen LogP contribution in [0.5, 0.6) is 0 Å². The Morgan fingerprint density at radius 3 is 2.65 bits per heavy atom. The van der Waals surface area contributed by atoms with Crippen LogP contribution in [0.25, 0.3) is 16.9 Å². The van der Waals surface area contributed by atoms with Crippen LogP contribution >= 0.6 is 12.4 Å². The first-order valence-corrected chi connectivity index (χ1v) is 11.6. The highest BCUT2D eigenvalue weighted by Crippen LogP contribution is 2.27. The number of fused-ring (bicyclic) bond motifs is 1. The van der Waals surface area contributed by atoms with E-state index in [1.54, 1.807) is 7.11 Å². The number of carbonyl (C=O) groups excluding carboxylic acids is 1. The Bertz CT molecular complexity index is 1090. The van der Waals surface area contributed by atoms with E-state index in [2.05, 4.69) is 61.0 Å². The molecule has 4 rings (SSSR count). The average Bonchev–Trinajstić information content (AvgIpc) is 3.17. The van der Waals surface area contributed by atoms with E-state index in [1.807, 2.05) is 17.0 Å². The minimum atomic E-state index is -0.0656. The second-order valence-electron chi connectivity index (χ2n) is 8.82. The molecule has 184 valence electrons. The first kappa shape index (κ1) is 26.2. The first-order valence-electron chi connectivity index (χ1n) is 11.6. The number of hydrogen-bond donors (Lipinski definition) is 1. The molecule has 1 aliphatic rings. The highest BCUT2D eigenvalue weighted by molar-refractivity contribution is 5.85. The summed E-state index contributed by atoms with van der Waals surface area (Å²) in [5.41, 5.74) is 5.92. The molecule has 1 aliphatic heterocycles. The molecule has 0 radical (unpaired) electrons. The van der Waals surface area contributed by atoms with Gasteiger partial charge in [0.25, 0.3) is 0 Å². The van der Waals surface area contributed by atoms with Crippen molar-refractivity contribution in [2.45, 2.75) is 39.3 Å². The van der Waals surface area contributed by atoms with Crippen LogP contribution in [0, 0.1) is 13.8 Å². The lowest BCUT2D eigenvalue weighted by molar-refractivity contribution is -0.137. The van der Waals surface area contributed by atoms with Gasteiger partial charge in [0.05, 0.1) is 43.2 Å². The van der Waals surface area contributed by atoms with Gasteiger partial charge < -0.3 is 24.1 Å². The summed E-state index contributed by atoms with van der Waals surface area (Å²) in [6, 6.07) is 12.3. The third-order valence-electron chi connectivity index (χ3n) is 6.35. The van der Waals surface area contributed by atoms with Crippen molar-refractivity contribution < 1.29 is 14.3 Å². The Morgan fingerprint density at radius 2 is 1.97 bits per heavy atom. The van der Waals surface area contributed by atoms with Crippen molar-refractivity contribution in [2.75, 3.05) is 40.0 Å². The molecule has 2 unspecified atom stereocenters. The van der Waals surface area contributed by atoms with E-state index < -0.39 is 0 Å². The highest BCUT2D eigenvalue weighted by atomic mass is 35.5. The molecule has 1 saturated heterocycles. The van der Waals surface area contributed by atoms with Crippen LogP contribution in [0.3, 0.4) is 0 Å². The van der Waals surface area contributed by atoms with E-state index in [4.69, 9.17) is 14.5 Å². The summed E-state index contributed by atoms with van der Waals surface area (Å²) in [7, 11) is 1.66. The molecule has 2 aromatic heterocycles. The van der Waals surface area contributed by atoms with Crippen molar-refractivity contribution in [1.29, 1.82) is 0 Å². The summed E-state index contributed by atoms with van der Waals surface area (Å²) >= 11 is 0. The Labute approximate surface area is 207 Å². The molecule has 0 spiro atoms. The van der Waals surface area contributed by atoms with E-state index >= 15 is 0 Å². The molecule has 8 heteroatoms. The Balaban J connectivity index is 0.00000324. The second-order valence-corrected chi connectivity index (χ2v) is 8.82. The van der Waals surface area contributed by atoms with Crippen molar-refractivity contribution in [3.63, 3.8) is 0 Å². The van der Waals surface area contributed by atoms with Crippen molar-refractivity contribution in [2.24, 2.45) is 0 Å². The van der Waals surface area contributed by atoms with Gasteiger partial charge in [0, 0.05) is 38.5 Å². The maximum atomic E-state index is 13.7. The molecule has 3 heterocycles. The van der Waals surface area contributed by atoms with Crippen LogP contribution < -0.4 is 5.32 Å². The molecule has 0 bridgehead atoms. The zero-order valence-corrected chi connectivity index (χ0v) is 21.2. The second kappa shape index (κ2) is 11.8. The number of methoxy groups -OCH3 is 1. The summed E-state index contributed by atoms with van der Waals surface area (Å²) in [5, 5.41) is 3.37. The van der Waals surface area contributed by atoms with E-state index in [9.17, 15) is 4.79 Å². The monoisotopic (exact) mass is 486 g/mol. The molecule has 7 nitrogen and oxygen atoms in total. The molecule has 1 fully saturated rings. The minimum absolute atomic E-state index is 0. The number of aryl methyl sites for hydroxylation is 2. The SMILES string of the molecule is COCCN(C(=O)Cc1c(-c2ccc(C)cc2)nc2ccc(C)cn12)C(C)C1CNCCO1.Cl. The summed E-state index contributed by atoms with van der Waals surface area (Å²) in [4.78, 5) is 20.5. The Kier molecular flexibility index (Phi) is 9.08. The largest absolute Gasteiger partial charge is 0.383 e. The maximum Gasteiger partial charge on any atom is 0.229 e. The predicted octanol–water partition coefficient (Wildman–Crippen LogP) is 3.43. The molecule has 34 heavy (non-hydrogen) atoms. The Hall–Kier alpha value is -2.45. The number of nitrogens with one attached hydrogen (secondary N) is 1. The van der Waals surface area contributed by atoms with Crippen LogP contribution in [-0.4, -0.2) is 72.3 Å². The van der Waals surface area contributed by atoms with Crippen LogP contribution in [0.2, 0.25) is 0 Å². The van der Waals surface area contributed by atoms with E-state index in [-0.39, 0.29) is 36.9 Å². The molecule has 3 aromatic rings. The number of aromatic nitrogens is 2.